The number of amides is 1. The lowest BCUT2D eigenvalue weighted by Crippen LogP contribution is -2.39. The third-order valence-corrected chi connectivity index (χ3v) is 3.98. The van der Waals surface area contributed by atoms with E-state index >= 15 is 0 Å². The molecule has 116 valence electrons. The SMILES string of the molecule is CCOC(=O)CN(CC(C)C)C(=O)c1cccc(Br)c1Cl. The van der Waals surface area contributed by atoms with Gasteiger partial charge < -0.3 is 9.64 Å². The Balaban J connectivity index is 2.99. The smallest absolute Gasteiger partial charge is 0.325 e. The Morgan fingerprint density at radius 2 is 2.05 bits per heavy atom. The topological polar surface area (TPSA) is 46.6 Å². The van der Waals surface area contributed by atoms with E-state index in [1.54, 1.807) is 25.1 Å². The third-order valence-electron chi connectivity index (χ3n) is 2.68. The normalized spacial score (nSPS) is 10.6. The number of carbonyl (C=O) groups is 2. The monoisotopic (exact) mass is 375 g/mol. The maximum absolute atomic E-state index is 12.6. The molecule has 0 saturated heterocycles. The molecule has 0 aliphatic heterocycles. The van der Waals surface area contributed by atoms with Gasteiger partial charge in [0, 0.05) is 11.0 Å². The van der Waals surface area contributed by atoms with Crippen molar-refractivity contribution in [1.29, 1.82) is 0 Å². The summed E-state index contributed by atoms with van der Waals surface area (Å²) in [5.41, 5.74) is 0.371. The van der Waals surface area contributed by atoms with Crippen LogP contribution in [0.25, 0.3) is 0 Å². The molecule has 1 aromatic rings. The van der Waals surface area contributed by atoms with Crippen LogP contribution in [0.2, 0.25) is 5.02 Å². The number of halogens is 2. The van der Waals surface area contributed by atoms with Crippen molar-refractivity contribution in [1.82, 2.24) is 4.90 Å². The average Bonchev–Trinajstić information content (AvgIpc) is 2.40. The molecule has 0 N–H and O–H groups in total. The molecule has 0 aliphatic carbocycles. The second kappa shape index (κ2) is 8.39. The number of carbonyl (C=O) groups excluding carboxylic acids is 2. The van der Waals surface area contributed by atoms with Gasteiger partial charge in [0.15, 0.2) is 0 Å². The molecular weight excluding hydrogens is 358 g/mol. The lowest BCUT2D eigenvalue weighted by molar-refractivity contribution is -0.143. The second-order valence-corrected chi connectivity index (χ2v) is 6.22. The van der Waals surface area contributed by atoms with E-state index in [1.807, 2.05) is 13.8 Å². The molecule has 1 rings (SSSR count). The molecule has 0 spiro atoms. The summed E-state index contributed by atoms with van der Waals surface area (Å²) in [7, 11) is 0. The van der Waals surface area contributed by atoms with E-state index in [2.05, 4.69) is 15.9 Å². The molecular formula is C15H19BrClNO3. The summed E-state index contributed by atoms with van der Waals surface area (Å²) in [6.07, 6.45) is 0. The van der Waals surface area contributed by atoms with Gasteiger partial charge in [-0.25, -0.2) is 0 Å². The van der Waals surface area contributed by atoms with Crippen LogP contribution in [0.15, 0.2) is 22.7 Å². The summed E-state index contributed by atoms with van der Waals surface area (Å²) in [5.74, 6) is -0.463. The Morgan fingerprint density at radius 1 is 1.38 bits per heavy atom. The van der Waals surface area contributed by atoms with Crippen LogP contribution in [0.3, 0.4) is 0 Å². The molecule has 0 saturated carbocycles. The maximum atomic E-state index is 12.6. The van der Waals surface area contributed by atoms with Gasteiger partial charge in [-0.3, -0.25) is 9.59 Å². The molecule has 0 bridgehead atoms. The van der Waals surface area contributed by atoms with Gasteiger partial charge >= 0.3 is 5.97 Å². The minimum atomic E-state index is -0.419. The van der Waals surface area contributed by atoms with Gasteiger partial charge in [-0.15, -0.1) is 0 Å². The van der Waals surface area contributed by atoms with E-state index in [-0.39, 0.29) is 18.4 Å². The van der Waals surface area contributed by atoms with Crippen molar-refractivity contribution in [3.63, 3.8) is 0 Å². The summed E-state index contributed by atoms with van der Waals surface area (Å²) in [5, 5.41) is 0.347. The van der Waals surface area contributed by atoms with Crippen molar-refractivity contribution in [3.05, 3.63) is 33.3 Å². The summed E-state index contributed by atoms with van der Waals surface area (Å²) in [4.78, 5) is 25.7. The van der Waals surface area contributed by atoms with E-state index in [9.17, 15) is 9.59 Å². The van der Waals surface area contributed by atoms with Crippen LogP contribution in [0.1, 0.15) is 31.1 Å². The second-order valence-electron chi connectivity index (χ2n) is 4.99. The van der Waals surface area contributed by atoms with Gasteiger partial charge in [0.25, 0.3) is 5.91 Å². The highest BCUT2D eigenvalue weighted by molar-refractivity contribution is 9.10. The van der Waals surface area contributed by atoms with Gasteiger partial charge in [0.2, 0.25) is 0 Å². The number of ether oxygens (including phenoxy) is 1. The minimum Gasteiger partial charge on any atom is -0.465 e. The van der Waals surface area contributed by atoms with Crippen molar-refractivity contribution in [2.45, 2.75) is 20.8 Å². The van der Waals surface area contributed by atoms with Crippen molar-refractivity contribution in [3.8, 4) is 0 Å². The summed E-state index contributed by atoms with van der Waals surface area (Å²) >= 11 is 9.45. The quantitative estimate of drug-likeness (QED) is 0.710. The van der Waals surface area contributed by atoms with Crippen LogP contribution in [-0.2, 0) is 9.53 Å². The average molecular weight is 377 g/mol. The van der Waals surface area contributed by atoms with Crippen LogP contribution >= 0.6 is 27.5 Å². The molecule has 0 heterocycles. The standard InChI is InChI=1S/C15H19BrClNO3/c1-4-21-13(19)9-18(8-10(2)3)15(20)11-6-5-7-12(16)14(11)17/h5-7,10H,4,8-9H2,1-3H3. The van der Waals surface area contributed by atoms with E-state index in [0.29, 0.717) is 28.2 Å². The first-order valence-corrected chi connectivity index (χ1v) is 7.92. The Labute approximate surface area is 138 Å². The van der Waals surface area contributed by atoms with Crippen LogP contribution < -0.4 is 0 Å². The molecule has 0 unspecified atom stereocenters. The van der Waals surface area contributed by atoms with E-state index in [0.717, 1.165) is 0 Å². The van der Waals surface area contributed by atoms with Gasteiger partial charge in [-0.05, 0) is 40.9 Å². The summed E-state index contributed by atoms with van der Waals surface area (Å²) < 4.78 is 5.57. The molecule has 0 aromatic heterocycles. The van der Waals surface area contributed by atoms with Crippen LogP contribution in [0.4, 0.5) is 0 Å². The predicted molar refractivity (Wildman–Crippen MR) is 86.5 cm³/mol. The molecule has 6 heteroatoms. The van der Waals surface area contributed by atoms with Gasteiger partial charge in [0.1, 0.15) is 6.54 Å². The summed E-state index contributed by atoms with van der Waals surface area (Å²) in [6, 6.07) is 5.15. The molecule has 21 heavy (non-hydrogen) atoms. The van der Waals surface area contributed by atoms with Crippen LogP contribution in [-0.4, -0.2) is 36.5 Å². The zero-order valence-electron chi connectivity index (χ0n) is 12.4. The number of nitrogens with zero attached hydrogens (tertiary/aromatic N) is 1. The largest absolute Gasteiger partial charge is 0.465 e. The highest BCUT2D eigenvalue weighted by atomic mass is 79.9. The lowest BCUT2D eigenvalue weighted by atomic mass is 10.1. The predicted octanol–water partition coefficient (Wildman–Crippen LogP) is 3.76. The molecule has 0 atom stereocenters. The van der Waals surface area contributed by atoms with E-state index < -0.39 is 5.97 Å². The first kappa shape index (κ1) is 18.0. The molecule has 1 aromatic carbocycles. The molecule has 0 aliphatic rings. The van der Waals surface area contributed by atoms with Crippen molar-refractivity contribution < 1.29 is 14.3 Å². The Bertz CT molecular complexity index is 520. The van der Waals surface area contributed by atoms with E-state index in [1.165, 1.54) is 4.90 Å². The fourth-order valence-corrected chi connectivity index (χ4v) is 2.43. The fourth-order valence-electron chi connectivity index (χ4n) is 1.86. The molecule has 1 amide bonds. The van der Waals surface area contributed by atoms with Crippen molar-refractivity contribution >= 4 is 39.4 Å². The van der Waals surface area contributed by atoms with Gasteiger partial charge in [0.05, 0.1) is 17.2 Å². The number of rotatable bonds is 6. The highest BCUT2D eigenvalue weighted by Gasteiger charge is 2.23. The zero-order chi connectivity index (χ0) is 16.0. The highest BCUT2D eigenvalue weighted by Crippen LogP contribution is 2.27. The molecule has 0 fully saturated rings. The van der Waals surface area contributed by atoms with E-state index in [4.69, 9.17) is 16.3 Å². The Kier molecular flexibility index (Phi) is 7.18. The number of hydrogen-bond acceptors (Lipinski definition) is 3. The first-order valence-electron chi connectivity index (χ1n) is 6.75. The number of esters is 1. The fraction of sp³-hybridized carbons (Fsp3) is 0.467. The molecule has 4 nitrogen and oxygen atoms in total. The lowest BCUT2D eigenvalue weighted by Gasteiger charge is -2.24. The van der Waals surface area contributed by atoms with Crippen molar-refractivity contribution in [2.75, 3.05) is 19.7 Å². The maximum Gasteiger partial charge on any atom is 0.325 e. The Hall–Kier alpha value is -1.07. The number of benzene rings is 1. The Morgan fingerprint density at radius 3 is 2.62 bits per heavy atom. The third kappa shape index (κ3) is 5.32. The summed E-state index contributed by atoms with van der Waals surface area (Å²) in [6.45, 7) is 6.37. The van der Waals surface area contributed by atoms with Crippen molar-refractivity contribution in [2.24, 2.45) is 5.92 Å². The van der Waals surface area contributed by atoms with Crippen LogP contribution in [0.5, 0.6) is 0 Å². The van der Waals surface area contributed by atoms with Gasteiger partial charge in [-0.2, -0.15) is 0 Å². The van der Waals surface area contributed by atoms with Gasteiger partial charge in [-0.1, -0.05) is 31.5 Å². The van der Waals surface area contributed by atoms with Crippen LogP contribution in [0, 0.1) is 5.92 Å². The molecule has 0 radical (unpaired) electrons. The zero-order valence-corrected chi connectivity index (χ0v) is 14.7. The minimum absolute atomic E-state index is 0.0757. The first-order chi connectivity index (χ1) is 9.86. The number of hydrogen-bond donors (Lipinski definition) is 0.